The first-order valence-corrected chi connectivity index (χ1v) is 6.00. The van der Waals surface area contributed by atoms with Crippen LogP contribution >= 0.6 is 0 Å². The fourth-order valence-electron chi connectivity index (χ4n) is 2.19. The Morgan fingerprint density at radius 1 is 1.44 bits per heavy atom. The number of fused-ring (bicyclic) bond motifs is 1. The number of anilines is 1. The van der Waals surface area contributed by atoms with E-state index < -0.39 is 6.08 Å². The summed E-state index contributed by atoms with van der Waals surface area (Å²) < 4.78 is 13.2. The van der Waals surface area contributed by atoms with Gasteiger partial charge in [0, 0.05) is 17.8 Å². The van der Waals surface area contributed by atoms with Crippen LogP contribution in [0.4, 0.5) is 10.1 Å². The van der Waals surface area contributed by atoms with E-state index in [9.17, 15) is 4.39 Å². The van der Waals surface area contributed by atoms with Crippen LogP contribution in [0.1, 0.15) is 12.5 Å². The molecule has 1 aromatic carbocycles. The second kappa shape index (κ2) is 4.29. The lowest BCUT2D eigenvalue weighted by Gasteiger charge is -2.11. The predicted octanol–water partition coefficient (Wildman–Crippen LogP) is 1.64. The monoisotopic (exact) mass is 247 g/mol. The number of aryl methyl sites for hydroxylation is 1. The van der Waals surface area contributed by atoms with E-state index in [1.807, 2.05) is 19.1 Å². The van der Waals surface area contributed by atoms with Crippen LogP contribution < -0.4 is 10.6 Å². The number of nitrogens with zero attached hydrogens (tertiary/aromatic N) is 2. The van der Waals surface area contributed by atoms with Crippen LogP contribution in [0, 0.1) is 6.08 Å². The molecule has 5 nitrogen and oxygen atoms in total. The lowest BCUT2D eigenvalue weighted by molar-refractivity contribution is 0.556. The van der Waals surface area contributed by atoms with Crippen molar-refractivity contribution in [1.29, 1.82) is 0 Å². The highest BCUT2D eigenvalue weighted by Gasteiger charge is 2.13. The molecule has 0 bridgehead atoms. The summed E-state index contributed by atoms with van der Waals surface area (Å²) in [4.78, 5) is 10.8. The summed E-state index contributed by atoms with van der Waals surface area (Å²) in [6.45, 7) is 3.66. The molecule has 18 heavy (non-hydrogen) atoms. The average molecular weight is 247 g/mol. The number of rotatable bonds is 2. The van der Waals surface area contributed by atoms with E-state index in [2.05, 4.69) is 25.6 Å². The number of benzene rings is 1. The van der Waals surface area contributed by atoms with Gasteiger partial charge in [0.2, 0.25) is 0 Å². The maximum atomic E-state index is 13.2. The van der Waals surface area contributed by atoms with E-state index in [0.717, 1.165) is 42.2 Å². The lowest BCUT2D eigenvalue weighted by atomic mass is 10.1. The zero-order chi connectivity index (χ0) is 12.5. The van der Waals surface area contributed by atoms with Crippen molar-refractivity contribution in [2.45, 2.75) is 13.3 Å². The smallest absolute Gasteiger partial charge is 0.287 e. The molecular weight excluding hydrogens is 233 g/mol. The maximum absolute atomic E-state index is 13.2. The number of imidazole rings is 1. The predicted molar refractivity (Wildman–Crippen MR) is 69.4 cm³/mol. The quantitative estimate of drug-likeness (QED) is 0.755. The van der Waals surface area contributed by atoms with Crippen molar-refractivity contribution >= 4 is 22.7 Å². The van der Waals surface area contributed by atoms with E-state index >= 15 is 0 Å². The summed E-state index contributed by atoms with van der Waals surface area (Å²) in [5.74, 6) is 0.764. The van der Waals surface area contributed by atoms with Gasteiger partial charge >= 0.3 is 0 Å². The number of H-pyrrole nitrogens is 1. The fraction of sp³-hybridized carbons (Fsp3) is 0.333. The third-order valence-electron chi connectivity index (χ3n) is 3.01. The molecule has 0 saturated carbocycles. The van der Waals surface area contributed by atoms with Crippen LogP contribution in [-0.4, -0.2) is 29.0 Å². The van der Waals surface area contributed by atoms with Crippen LogP contribution in [0.5, 0.6) is 0 Å². The van der Waals surface area contributed by atoms with Crippen LogP contribution in [-0.2, 0) is 6.42 Å². The minimum atomic E-state index is -0.548. The van der Waals surface area contributed by atoms with Crippen molar-refractivity contribution in [3.05, 3.63) is 23.8 Å². The fourth-order valence-corrected chi connectivity index (χ4v) is 2.19. The van der Waals surface area contributed by atoms with Gasteiger partial charge in [0.25, 0.3) is 6.08 Å². The molecule has 0 spiro atoms. The molecule has 1 aromatic heterocycles. The van der Waals surface area contributed by atoms with Crippen molar-refractivity contribution in [2.24, 2.45) is 4.99 Å². The zero-order valence-electron chi connectivity index (χ0n) is 10.0. The summed E-state index contributed by atoms with van der Waals surface area (Å²) in [5, 5.41) is 6.37. The molecule has 2 aromatic rings. The van der Waals surface area contributed by atoms with E-state index in [1.54, 1.807) is 0 Å². The number of guanidine groups is 1. The third-order valence-corrected chi connectivity index (χ3v) is 3.01. The number of hydrogen-bond acceptors (Lipinski definition) is 4. The molecule has 1 aliphatic heterocycles. The number of nitrogens with one attached hydrogen (secondary N) is 3. The number of aromatic nitrogens is 2. The van der Waals surface area contributed by atoms with Gasteiger partial charge in [0.15, 0.2) is 5.96 Å². The van der Waals surface area contributed by atoms with E-state index in [4.69, 9.17) is 0 Å². The molecule has 1 aliphatic rings. The molecule has 0 amide bonds. The Labute approximate surface area is 104 Å². The Bertz CT molecular complexity index is 616. The highest BCUT2D eigenvalue weighted by atomic mass is 19.1. The van der Waals surface area contributed by atoms with Gasteiger partial charge in [0.1, 0.15) is 0 Å². The Morgan fingerprint density at radius 2 is 2.33 bits per heavy atom. The summed E-state index contributed by atoms with van der Waals surface area (Å²) in [7, 11) is 0. The van der Waals surface area contributed by atoms with Gasteiger partial charge in [0.05, 0.1) is 17.6 Å². The standard InChI is InChI=1S/C12H14FN5/c1-2-7-8(17-12-14-5-6-15-12)3-4-9-10(7)18-11(13)16-9/h3-4H,2,5-6H2,1H3,(H,16,18)(H2,14,15,17). The Kier molecular flexibility index (Phi) is 2.62. The van der Waals surface area contributed by atoms with Crippen LogP contribution in [0.25, 0.3) is 11.0 Å². The number of halogens is 1. The molecule has 0 unspecified atom stereocenters. The minimum Gasteiger partial charge on any atom is -0.354 e. The molecule has 94 valence electrons. The maximum Gasteiger partial charge on any atom is 0.287 e. The van der Waals surface area contributed by atoms with Gasteiger partial charge in [-0.05, 0) is 18.6 Å². The van der Waals surface area contributed by atoms with Gasteiger partial charge in [-0.15, -0.1) is 0 Å². The first kappa shape index (κ1) is 11.0. The van der Waals surface area contributed by atoms with Crippen LogP contribution in [0.15, 0.2) is 17.1 Å². The summed E-state index contributed by atoms with van der Waals surface area (Å²) in [5.41, 5.74) is 3.31. The summed E-state index contributed by atoms with van der Waals surface area (Å²) >= 11 is 0. The first-order chi connectivity index (χ1) is 8.78. The van der Waals surface area contributed by atoms with Gasteiger partial charge < -0.3 is 15.6 Å². The second-order valence-electron chi connectivity index (χ2n) is 4.15. The van der Waals surface area contributed by atoms with Crippen molar-refractivity contribution in [3.63, 3.8) is 0 Å². The number of aromatic amines is 1. The minimum absolute atomic E-state index is 0.548. The normalized spacial score (nSPS) is 14.7. The van der Waals surface area contributed by atoms with Gasteiger partial charge in [-0.3, -0.25) is 4.99 Å². The molecule has 6 heteroatoms. The van der Waals surface area contributed by atoms with Gasteiger partial charge in [-0.1, -0.05) is 6.92 Å². The Morgan fingerprint density at radius 3 is 3.06 bits per heavy atom. The molecule has 2 heterocycles. The van der Waals surface area contributed by atoms with Gasteiger partial charge in [-0.2, -0.15) is 4.39 Å². The molecule has 3 rings (SSSR count). The largest absolute Gasteiger partial charge is 0.354 e. The van der Waals surface area contributed by atoms with Crippen molar-refractivity contribution < 1.29 is 4.39 Å². The first-order valence-electron chi connectivity index (χ1n) is 6.00. The molecular formula is C12H14FN5. The molecule has 0 radical (unpaired) electrons. The van der Waals surface area contributed by atoms with Crippen molar-refractivity contribution in [3.8, 4) is 0 Å². The highest BCUT2D eigenvalue weighted by Crippen LogP contribution is 2.25. The van der Waals surface area contributed by atoms with E-state index in [0.29, 0.717) is 5.52 Å². The third kappa shape index (κ3) is 1.79. The van der Waals surface area contributed by atoms with Crippen molar-refractivity contribution in [1.82, 2.24) is 15.3 Å². The topological polar surface area (TPSA) is 65.1 Å². The Hall–Kier alpha value is -2.11. The van der Waals surface area contributed by atoms with Crippen LogP contribution in [0.3, 0.4) is 0 Å². The van der Waals surface area contributed by atoms with E-state index in [-0.39, 0.29) is 0 Å². The zero-order valence-corrected chi connectivity index (χ0v) is 10.0. The van der Waals surface area contributed by atoms with E-state index in [1.165, 1.54) is 0 Å². The highest BCUT2D eigenvalue weighted by molar-refractivity contribution is 5.97. The molecule has 0 fully saturated rings. The SMILES string of the molecule is CCc1c(NC2=NCCN2)ccc2[nH]c(F)nc12. The number of hydrogen-bond donors (Lipinski definition) is 3. The van der Waals surface area contributed by atoms with Crippen molar-refractivity contribution in [2.75, 3.05) is 18.4 Å². The average Bonchev–Trinajstić information content (AvgIpc) is 2.97. The lowest BCUT2D eigenvalue weighted by Crippen LogP contribution is -2.26. The Balaban J connectivity index is 2.05. The molecule has 3 N–H and O–H groups in total. The second-order valence-corrected chi connectivity index (χ2v) is 4.15. The summed E-state index contributed by atoms with van der Waals surface area (Å²) in [6.07, 6.45) is 0.227. The summed E-state index contributed by atoms with van der Waals surface area (Å²) in [6, 6.07) is 3.74. The molecule has 0 aliphatic carbocycles. The van der Waals surface area contributed by atoms with Crippen LogP contribution in [0.2, 0.25) is 0 Å². The van der Waals surface area contributed by atoms with Gasteiger partial charge in [-0.25, -0.2) is 4.98 Å². The number of aliphatic imine (C=N–C) groups is 1. The molecule has 0 atom stereocenters. The molecule has 0 saturated heterocycles.